The highest BCUT2D eigenvalue weighted by Gasteiger charge is 2.07. The summed E-state index contributed by atoms with van der Waals surface area (Å²) in [6.07, 6.45) is 0. The molecule has 0 saturated carbocycles. The highest BCUT2D eigenvalue weighted by Crippen LogP contribution is 2.16. The Labute approximate surface area is 127 Å². The first kappa shape index (κ1) is 14.6. The largest absolute Gasteiger partial charge is 0.388 e. The maximum absolute atomic E-state index is 12.1. The zero-order valence-corrected chi connectivity index (χ0v) is 13.1. The minimum atomic E-state index is -0.0568. The monoisotopic (exact) mass is 332 g/mol. The van der Waals surface area contributed by atoms with Crippen molar-refractivity contribution < 1.29 is 4.79 Å². The number of aryl methyl sites for hydroxylation is 1. The number of amides is 1. The van der Waals surface area contributed by atoms with Crippen molar-refractivity contribution in [3.63, 3.8) is 0 Å². The number of halogens is 1. The normalized spacial score (nSPS) is 10.2. The summed E-state index contributed by atoms with van der Waals surface area (Å²) in [5.74, 6) is -0.0568. The molecule has 104 valence electrons. The van der Waals surface area contributed by atoms with E-state index < -0.39 is 0 Å². The van der Waals surface area contributed by atoms with Gasteiger partial charge >= 0.3 is 0 Å². The predicted molar refractivity (Wildman–Crippen MR) is 86.0 cm³/mol. The summed E-state index contributed by atoms with van der Waals surface area (Å²) in [6, 6.07) is 13.5. The molecule has 0 radical (unpaired) electrons. The lowest BCUT2D eigenvalue weighted by molar-refractivity contribution is 0.0951. The van der Waals surface area contributed by atoms with Crippen molar-refractivity contribution in [1.29, 1.82) is 0 Å². The fraction of sp³-hybridized carbons (Fsp3) is 0.188. The Morgan fingerprint density at radius 1 is 1.15 bits per heavy atom. The summed E-state index contributed by atoms with van der Waals surface area (Å²) >= 11 is 3.39. The Morgan fingerprint density at radius 2 is 1.85 bits per heavy atom. The number of carbonyl (C=O) groups is 1. The van der Waals surface area contributed by atoms with Gasteiger partial charge in [0, 0.05) is 29.3 Å². The van der Waals surface area contributed by atoms with E-state index in [1.165, 1.54) is 0 Å². The van der Waals surface area contributed by atoms with Gasteiger partial charge in [0.1, 0.15) is 0 Å². The van der Waals surface area contributed by atoms with E-state index in [1.807, 2.05) is 56.4 Å². The number of anilines is 1. The van der Waals surface area contributed by atoms with Crippen molar-refractivity contribution in [2.45, 2.75) is 13.5 Å². The minimum absolute atomic E-state index is 0.0568. The average molecular weight is 333 g/mol. The van der Waals surface area contributed by atoms with Crippen molar-refractivity contribution in [3.05, 3.63) is 63.6 Å². The summed E-state index contributed by atoms with van der Waals surface area (Å²) < 4.78 is 1.03. The van der Waals surface area contributed by atoms with Gasteiger partial charge in [-0.05, 0) is 48.4 Å². The van der Waals surface area contributed by atoms with Gasteiger partial charge < -0.3 is 10.6 Å². The van der Waals surface area contributed by atoms with E-state index in [4.69, 9.17) is 0 Å². The van der Waals surface area contributed by atoms with Gasteiger partial charge in [0.25, 0.3) is 5.91 Å². The van der Waals surface area contributed by atoms with Crippen molar-refractivity contribution in [3.8, 4) is 0 Å². The molecule has 0 heterocycles. The Kier molecular flexibility index (Phi) is 4.79. The first-order valence-electron chi connectivity index (χ1n) is 6.41. The highest BCUT2D eigenvalue weighted by atomic mass is 79.9. The van der Waals surface area contributed by atoms with Gasteiger partial charge in [-0.3, -0.25) is 4.79 Å². The molecule has 0 spiro atoms. The van der Waals surface area contributed by atoms with Crippen LogP contribution in [0.3, 0.4) is 0 Å². The second-order valence-corrected chi connectivity index (χ2v) is 5.50. The molecule has 0 bridgehead atoms. The molecular weight excluding hydrogens is 316 g/mol. The zero-order valence-electron chi connectivity index (χ0n) is 11.5. The molecule has 0 saturated heterocycles. The van der Waals surface area contributed by atoms with E-state index >= 15 is 0 Å². The molecule has 2 aromatic carbocycles. The number of rotatable bonds is 4. The van der Waals surface area contributed by atoms with E-state index in [0.29, 0.717) is 12.1 Å². The fourth-order valence-corrected chi connectivity index (χ4v) is 2.24. The van der Waals surface area contributed by atoms with Crippen LogP contribution in [0.4, 0.5) is 5.69 Å². The van der Waals surface area contributed by atoms with Crippen molar-refractivity contribution in [1.82, 2.24) is 5.32 Å². The van der Waals surface area contributed by atoms with Crippen molar-refractivity contribution >= 4 is 27.5 Å². The third-order valence-electron chi connectivity index (χ3n) is 3.12. The van der Waals surface area contributed by atoms with Crippen LogP contribution in [0.15, 0.2) is 46.9 Å². The van der Waals surface area contributed by atoms with Crippen LogP contribution in [0.5, 0.6) is 0 Å². The quantitative estimate of drug-likeness (QED) is 0.895. The molecule has 2 rings (SSSR count). The fourth-order valence-electron chi connectivity index (χ4n) is 1.97. The van der Waals surface area contributed by atoms with Crippen LogP contribution in [-0.4, -0.2) is 13.0 Å². The molecule has 0 aliphatic carbocycles. The van der Waals surface area contributed by atoms with E-state index in [-0.39, 0.29) is 5.91 Å². The van der Waals surface area contributed by atoms with Gasteiger partial charge in [0.05, 0.1) is 0 Å². The molecule has 0 aromatic heterocycles. The summed E-state index contributed by atoms with van der Waals surface area (Å²) in [5.41, 5.74) is 3.85. The summed E-state index contributed by atoms with van der Waals surface area (Å²) in [7, 11) is 1.87. The molecule has 2 aromatic rings. The molecule has 0 unspecified atom stereocenters. The van der Waals surface area contributed by atoms with Gasteiger partial charge in [-0.15, -0.1) is 0 Å². The van der Waals surface area contributed by atoms with Gasteiger partial charge in [0.15, 0.2) is 0 Å². The maximum Gasteiger partial charge on any atom is 0.251 e. The number of nitrogens with one attached hydrogen (secondary N) is 2. The Bertz CT molecular complexity index is 608. The smallest absolute Gasteiger partial charge is 0.251 e. The Hall–Kier alpha value is -1.81. The topological polar surface area (TPSA) is 41.1 Å². The van der Waals surface area contributed by atoms with Crippen LogP contribution in [0.1, 0.15) is 21.5 Å². The van der Waals surface area contributed by atoms with E-state index in [2.05, 4.69) is 26.6 Å². The van der Waals surface area contributed by atoms with Gasteiger partial charge in [-0.1, -0.05) is 28.1 Å². The minimum Gasteiger partial charge on any atom is -0.388 e. The van der Waals surface area contributed by atoms with Crippen LogP contribution in [0.25, 0.3) is 0 Å². The summed E-state index contributed by atoms with van der Waals surface area (Å²) in [4.78, 5) is 12.1. The number of carbonyl (C=O) groups excluding carboxylic acids is 1. The molecular formula is C16H17BrN2O. The van der Waals surface area contributed by atoms with E-state index in [0.717, 1.165) is 21.3 Å². The van der Waals surface area contributed by atoms with Crippen LogP contribution in [0, 0.1) is 6.92 Å². The van der Waals surface area contributed by atoms with Gasteiger partial charge in [-0.2, -0.15) is 0 Å². The molecule has 0 fully saturated rings. The lowest BCUT2D eigenvalue weighted by atomic mass is 10.1. The van der Waals surface area contributed by atoms with E-state index in [1.54, 1.807) is 0 Å². The molecule has 3 nitrogen and oxygen atoms in total. The summed E-state index contributed by atoms with van der Waals surface area (Å²) in [6.45, 7) is 2.51. The first-order valence-corrected chi connectivity index (χ1v) is 7.20. The first-order chi connectivity index (χ1) is 9.60. The third-order valence-corrected chi connectivity index (χ3v) is 3.65. The van der Waals surface area contributed by atoms with E-state index in [9.17, 15) is 4.79 Å². The van der Waals surface area contributed by atoms with Crippen LogP contribution in [-0.2, 0) is 6.54 Å². The molecule has 20 heavy (non-hydrogen) atoms. The molecule has 0 aliphatic heterocycles. The maximum atomic E-state index is 12.1. The van der Waals surface area contributed by atoms with Gasteiger partial charge in [-0.25, -0.2) is 0 Å². The second kappa shape index (κ2) is 6.57. The number of hydrogen-bond acceptors (Lipinski definition) is 2. The Morgan fingerprint density at radius 3 is 2.45 bits per heavy atom. The SMILES string of the molecule is CNc1ccc(C(=O)NCc2ccc(Br)cc2)cc1C. The second-order valence-electron chi connectivity index (χ2n) is 4.59. The molecule has 0 aliphatic rings. The van der Waals surface area contributed by atoms with Crippen LogP contribution < -0.4 is 10.6 Å². The highest BCUT2D eigenvalue weighted by molar-refractivity contribution is 9.10. The molecule has 2 N–H and O–H groups in total. The number of benzene rings is 2. The lowest BCUT2D eigenvalue weighted by Crippen LogP contribution is -2.22. The standard InChI is InChI=1S/C16H17BrN2O/c1-11-9-13(5-8-15(11)18-2)16(20)19-10-12-3-6-14(17)7-4-12/h3-9,18H,10H2,1-2H3,(H,19,20). The third kappa shape index (κ3) is 3.61. The lowest BCUT2D eigenvalue weighted by Gasteiger charge is -2.09. The van der Waals surface area contributed by atoms with Gasteiger partial charge in [0.2, 0.25) is 0 Å². The molecule has 1 amide bonds. The number of hydrogen-bond donors (Lipinski definition) is 2. The molecule has 0 atom stereocenters. The average Bonchev–Trinajstić information content (AvgIpc) is 2.46. The van der Waals surface area contributed by atoms with Crippen LogP contribution in [0.2, 0.25) is 0 Å². The zero-order chi connectivity index (χ0) is 14.5. The summed E-state index contributed by atoms with van der Waals surface area (Å²) in [5, 5.41) is 6.01. The Balaban J connectivity index is 2.01. The predicted octanol–water partition coefficient (Wildman–Crippen LogP) is 3.73. The molecule has 4 heteroatoms. The van der Waals surface area contributed by atoms with Crippen LogP contribution >= 0.6 is 15.9 Å². The van der Waals surface area contributed by atoms with Crippen molar-refractivity contribution in [2.75, 3.05) is 12.4 Å². The van der Waals surface area contributed by atoms with Crippen molar-refractivity contribution in [2.24, 2.45) is 0 Å².